The molecule has 0 atom stereocenters. The van der Waals surface area contributed by atoms with Crippen LogP contribution < -0.4 is 0 Å². The van der Waals surface area contributed by atoms with Gasteiger partial charge in [0.1, 0.15) is 22.3 Å². The van der Waals surface area contributed by atoms with Crippen LogP contribution in [-0.4, -0.2) is 19.5 Å². The van der Waals surface area contributed by atoms with Gasteiger partial charge in [-0.15, -0.1) is 0 Å². The predicted octanol–water partition coefficient (Wildman–Crippen LogP) is 13.4. The number of furan rings is 2. The summed E-state index contributed by atoms with van der Waals surface area (Å²) in [6.07, 6.45) is 0. The van der Waals surface area contributed by atoms with E-state index in [0.717, 1.165) is 88.4 Å². The molecule has 12 rings (SSSR count). The van der Waals surface area contributed by atoms with E-state index >= 15 is 0 Å². The maximum absolute atomic E-state index is 6.91. The zero-order valence-electron chi connectivity index (χ0n) is 30.4. The van der Waals surface area contributed by atoms with Crippen LogP contribution in [0.5, 0.6) is 0 Å². The lowest BCUT2D eigenvalue weighted by molar-refractivity contribution is 0.668. The van der Waals surface area contributed by atoms with Crippen molar-refractivity contribution in [2.24, 2.45) is 0 Å². The van der Waals surface area contributed by atoms with Crippen molar-refractivity contribution in [1.29, 1.82) is 0 Å². The molecular weight excluding hydrogens is 701 g/mol. The SMILES string of the molecule is c1ccc(-c2nc(-c3ccccc3)nc(-c3cccc4oc5cccc(-c6cccc7c6oc6cc(-n8c9ccccc9c9ccccc98)ccc67)c5c34)n2)cc1. The van der Waals surface area contributed by atoms with Gasteiger partial charge in [-0.05, 0) is 42.0 Å². The largest absolute Gasteiger partial charge is 0.456 e. The van der Waals surface area contributed by atoms with Gasteiger partial charge >= 0.3 is 0 Å². The highest BCUT2D eigenvalue weighted by atomic mass is 16.3. The van der Waals surface area contributed by atoms with E-state index in [1.54, 1.807) is 0 Å². The second-order valence-electron chi connectivity index (χ2n) is 14.3. The predicted molar refractivity (Wildman–Crippen MR) is 230 cm³/mol. The first kappa shape index (κ1) is 31.5. The Morgan fingerprint density at radius 2 is 0.877 bits per heavy atom. The van der Waals surface area contributed by atoms with Crippen LogP contribution in [0.3, 0.4) is 0 Å². The zero-order chi connectivity index (χ0) is 37.5. The van der Waals surface area contributed by atoms with Crippen LogP contribution in [0.1, 0.15) is 0 Å². The minimum atomic E-state index is 0.574. The second kappa shape index (κ2) is 12.3. The van der Waals surface area contributed by atoms with Crippen molar-refractivity contribution in [3.63, 3.8) is 0 Å². The molecule has 0 amide bonds. The van der Waals surface area contributed by atoms with Crippen LogP contribution in [0.25, 0.3) is 117 Å². The summed E-state index contributed by atoms with van der Waals surface area (Å²) in [6, 6.07) is 62.5. The number of benzene rings is 8. The van der Waals surface area contributed by atoms with Crippen molar-refractivity contribution in [2.45, 2.75) is 0 Å². The fourth-order valence-corrected chi connectivity index (χ4v) is 8.55. The van der Waals surface area contributed by atoms with Crippen molar-refractivity contribution in [2.75, 3.05) is 0 Å². The number of aromatic nitrogens is 4. The molecule has 12 aromatic rings. The molecule has 0 spiro atoms. The van der Waals surface area contributed by atoms with Crippen LogP contribution in [0.2, 0.25) is 0 Å². The van der Waals surface area contributed by atoms with Gasteiger partial charge in [0.2, 0.25) is 0 Å². The number of hydrogen-bond acceptors (Lipinski definition) is 5. The average Bonchev–Trinajstić information content (AvgIpc) is 3.96. The molecule has 0 aliphatic rings. The Hall–Kier alpha value is -7.83. The van der Waals surface area contributed by atoms with Crippen LogP contribution in [0.4, 0.5) is 0 Å². The molecule has 6 nitrogen and oxygen atoms in total. The number of nitrogens with zero attached hydrogens (tertiary/aromatic N) is 4. The van der Waals surface area contributed by atoms with Crippen molar-refractivity contribution in [3.8, 4) is 51.0 Å². The van der Waals surface area contributed by atoms with Gasteiger partial charge in [0.25, 0.3) is 0 Å². The molecule has 0 aliphatic heterocycles. The van der Waals surface area contributed by atoms with Crippen molar-refractivity contribution < 1.29 is 8.83 Å². The highest BCUT2D eigenvalue weighted by Crippen LogP contribution is 2.45. The van der Waals surface area contributed by atoms with Gasteiger partial charge in [-0.2, -0.15) is 0 Å². The molecule has 0 saturated heterocycles. The van der Waals surface area contributed by atoms with E-state index in [1.807, 2.05) is 84.9 Å². The normalized spacial score (nSPS) is 11.9. The van der Waals surface area contributed by atoms with E-state index in [2.05, 4.69) is 102 Å². The number of para-hydroxylation sites is 3. The van der Waals surface area contributed by atoms with E-state index in [9.17, 15) is 0 Å². The third kappa shape index (κ3) is 4.87. The lowest BCUT2D eigenvalue weighted by atomic mass is 9.95. The Balaban J connectivity index is 1.07. The van der Waals surface area contributed by atoms with Gasteiger partial charge in [0.05, 0.1) is 11.0 Å². The third-order valence-electron chi connectivity index (χ3n) is 11.1. The van der Waals surface area contributed by atoms with Gasteiger partial charge < -0.3 is 13.4 Å². The van der Waals surface area contributed by atoms with Crippen molar-refractivity contribution >= 4 is 65.7 Å². The summed E-state index contributed by atoms with van der Waals surface area (Å²) in [5, 5.41) is 6.49. The lowest BCUT2D eigenvalue weighted by Crippen LogP contribution is -2.00. The zero-order valence-corrected chi connectivity index (χ0v) is 30.4. The summed E-state index contributed by atoms with van der Waals surface area (Å²) in [5.74, 6) is 1.79. The number of rotatable bonds is 5. The summed E-state index contributed by atoms with van der Waals surface area (Å²) in [7, 11) is 0. The first-order chi connectivity index (χ1) is 28.3. The monoisotopic (exact) mass is 730 g/mol. The van der Waals surface area contributed by atoms with E-state index in [-0.39, 0.29) is 0 Å². The lowest BCUT2D eigenvalue weighted by Gasteiger charge is -2.10. The van der Waals surface area contributed by atoms with Gasteiger partial charge in [-0.25, -0.2) is 15.0 Å². The molecule has 4 aromatic heterocycles. The van der Waals surface area contributed by atoms with Crippen LogP contribution in [0.15, 0.2) is 191 Å². The third-order valence-corrected chi connectivity index (χ3v) is 11.1. The van der Waals surface area contributed by atoms with Crippen molar-refractivity contribution in [1.82, 2.24) is 19.5 Å². The smallest absolute Gasteiger partial charge is 0.164 e. The van der Waals surface area contributed by atoms with E-state index in [4.69, 9.17) is 23.8 Å². The standard InChI is InChI=1S/C51H30N4O2/c1-3-14-31(15-4-1)49-52-50(32-16-5-2-6-17-32)54-51(53-49)40-23-13-27-44-47(40)46-37(20-12-26-43(46)56-44)39-22-11-21-38-36-29-28-33(30-45(36)57-48(38)39)55-41-24-9-7-18-34(41)35-19-8-10-25-42(35)55/h1-30H. The first-order valence-electron chi connectivity index (χ1n) is 19.0. The van der Waals surface area contributed by atoms with Crippen molar-refractivity contribution in [3.05, 3.63) is 182 Å². The highest BCUT2D eigenvalue weighted by molar-refractivity contribution is 6.20. The summed E-state index contributed by atoms with van der Waals surface area (Å²) >= 11 is 0. The molecule has 0 radical (unpaired) electrons. The summed E-state index contributed by atoms with van der Waals surface area (Å²) < 4.78 is 15.8. The molecule has 0 saturated carbocycles. The number of fused-ring (bicyclic) bond motifs is 9. The molecule has 0 N–H and O–H groups in total. The molecule has 0 aliphatic carbocycles. The first-order valence-corrected chi connectivity index (χ1v) is 19.0. The number of hydrogen-bond donors (Lipinski definition) is 0. The molecular formula is C51H30N4O2. The maximum Gasteiger partial charge on any atom is 0.164 e. The minimum absolute atomic E-state index is 0.574. The molecule has 0 unspecified atom stereocenters. The quantitative estimate of drug-likeness (QED) is 0.176. The summed E-state index contributed by atoms with van der Waals surface area (Å²) in [5.41, 5.74) is 11.2. The molecule has 8 aromatic carbocycles. The highest BCUT2D eigenvalue weighted by Gasteiger charge is 2.22. The van der Waals surface area contributed by atoms with E-state index in [1.165, 1.54) is 10.8 Å². The fourth-order valence-electron chi connectivity index (χ4n) is 8.55. The average molecular weight is 731 g/mol. The fraction of sp³-hybridized carbons (Fsp3) is 0. The maximum atomic E-state index is 6.91. The van der Waals surface area contributed by atoms with Crippen LogP contribution in [0, 0.1) is 0 Å². The Kier molecular flexibility index (Phi) is 6.83. The van der Waals surface area contributed by atoms with Gasteiger partial charge in [-0.3, -0.25) is 0 Å². The molecule has 0 bridgehead atoms. The van der Waals surface area contributed by atoms with Gasteiger partial charge in [-0.1, -0.05) is 140 Å². The Morgan fingerprint density at radius 3 is 1.54 bits per heavy atom. The Morgan fingerprint density at radius 1 is 0.351 bits per heavy atom. The van der Waals surface area contributed by atoms with E-state index in [0.29, 0.717) is 17.5 Å². The van der Waals surface area contributed by atoms with Crippen LogP contribution >= 0.6 is 0 Å². The van der Waals surface area contributed by atoms with E-state index < -0.39 is 0 Å². The van der Waals surface area contributed by atoms with Gasteiger partial charge in [0.15, 0.2) is 17.5 Å². The second-order valence-corrected chi connectivity index (χ2v) is 14.3. The van der Waals surface area contributed by atoms with Gasteiger partial charge in [0, 0.05) is 66.3 Å². The summed E-state index contributed by atoms with van der Waals surface area (Å²) in [6.45, 7) is 0. The molecule has 57 heavy (non-hydrogen) atoms. The van der Waals surface area contributed by atoms with Crippen LogP contribution in [-0.2, 0) is 0 Å². The Labute approximate surface area is 325 Å². The summed E-state index contributed by atoms with van der Waals surface area (Å²) in [4.78, 5) is 15.1. The topological polar surface area (TPSA) is 69.9 Å². The molecule has 266 valence electrons. The molecule has 0 fully saturated rings. The Bertz CT molecular complexity index is 3410. The molecule has 6 heteroatoms. The minimum Gasteiger partial charge on any atom is -0.456 e. The molecule has 4 heterocycles.